The van der Waals surface area contributed by atoms with Crippen molar-refractivity contribution in [1.29, 1.82) is 0 Å². The fourth-order valence-electron chi connectivity index (χ4n) is 1.50. The highest BCUT2D eigenvalue weighted by molar-refractivity contribution is 8.01. The summed E-state index contributed by atoms with van der Waals surface area (Å²) in [4.78, 5) is 34.9. The van der Waals surface area contributed by atoms with Gasteiger partial charge < -0.3 is 10.4 Å². The van der Waals surface area contributed by atoms with E-state index in [1.54, 1.807) is 13.8 Å². The Morgan fingerprint density at radius 1 is 1.53 bits per heavy atom. The Morgan fingerprint density at radius 3 is 2.59 bits per heavy atom. The van der Waals surface area contributed by atoms with Crippen LogP contribution in [0.2, 0.25) is 0 Å². The molecular weight excluding hydrogens is 244 g/mol. The van der Waals surface area contributed by atoms with Crippen molar-refractivity contribution in [2.45, 2.75) is 19.1 Å². The van der Waals surface area contributed by atoms with Gasteiger partial charge in [-0.1, -0.05) is 13.8 Å². The molecule has 1 atom stereocenters. The number of nitrogens with one attached hydrogen (secondary N) is 1. The van der Waals surface area contributed by atoms with E-state index >= 15 is 0 Å². The molecule has 1 unspecified atom stereocenters. The Bertz CT molecular complexity index is 332. The molecule has 0 radical (unpaired) electrons. The van der Waals surface area contributed by atoms with Gasteiger partial charge in [0.25, 0.3) is 0 Å². The van der Waals surface area contributed by atoms with Gasteiger partial charge in [0.05, 0.1) is 5.75 Å². The van der Waals surface area contributed by atoms with Crippen molar-refractivity contribution in [2.24, 2.45) is 5.92 Å². The van der Waals surface area contributed by atoms with E-state index in [4.69, 9.17) is 5.11 Å². The molecule has 7 heteroatoms. The smallest absolute Gasteiger partial charge is 0.324 e. The zero-order chi connectivity index (χ0) is 13.0. The zero-order valence-corrected chi connectivity index (χ0v) is 10.6. The largest absolute Gasteiger partial charge is 0.480 e. The normalized spacial score (nSPS) is 17.1. The Labute approximate surface area is 104 Å². The molecule has 6 nitrogen and oxygen atoms in total. The van der Waals surface area contributed by atoms with Crippen LogP contribution in [0.3, 0.4) is 0 Å². The van der Waals surface area contributed by atoms with E-state index in [1.165, 1.54) is 0 Å². The van der Waals surface area contributed by atoms with Crippen LogP contribution in [0, 0.1) is 5.92 Å². The number of carboxylic acid groups (broad SMARTS) is 1. The van der Waals surface area contributed by atoms with E-state index in [1.807, 2.05) is 0 Å². The molecule has 1 rings (SSSR count). The topological polar surface area (TPSA) is 86.7 Å². The van der Waals surface area contributed by atoms with Crippen molar-refractivity contribution in [3.63, 3.8) is 0 Å². The molecule has 0 aromatic rings. The average Bonchev–Trinajstić information content (AvgIpc) is 2.63. The monoisotopic (exact) mass is 260 g/mol. The van der Waals surface area contributed by atoms with Crippen LogP contribution in [0.5, 0.6) is 0 Å². The summed E-state index contributed by atoms with van der Waals surface area (Å²) in [7, 11) is 0. The number of hydrogen-bond donors (Lipinski definition) is 2. The maximum atomic E-state index is 11.7. The van der Waals surface area contributed by atoms with Crippen LogP contribution < -0.4 is 5.32 Å². The molecule has 1 aliphatic rings. The molecule has 2 N–H and O–H groups in total. The second kappa shape index (κ2) is 5.90. The minimum Gasteiger partial charge on any atom is -0.480 e. The molecule has 1 fully saturated rings. The first-order valence-corrected chi connectivity index (χ1v) is 6.41. The molecule has 1 aliphatic heterocycles. The van der Waals surface area contributed by atoms with Crippen LogP contribution in [-0.4, -0.2) is 52.0 Å². The van der Waals surface area contributed by atoms with Crippen LogP contribution in [0.15, 0.2) is 0 Å². The van der Waals surface area contributed by atoms with Crippen molar-refractivity contribution < 1.29 is 19.5 Å². The van der Waals surface area contributed by atoms with E-state index in [9.17, 15) is 14.4 Å². The van der Waals surface area contributed by atoms with Crippen molar-refractivity contribution in [2.75, 3.05) is 18.8 Å². The number of rotatable bonds is 5. The third-order valence-electron chi connectivity index (χ3n) is 2.39. The van der Waals surface area contributed by atoms with Crippen LogP contribution in [-0.2, 0) is 9.59 Å². The van der Waals surface area contributed by atoms with Gasteiger partial charge in [0.15, 0.2) is 0 Å². The molecule has 0 aromatic heterocycles. The highest BCUT2D eigenvalue weighted by atomic mass is 32.2. The summed E-state index contributed by atoms with van der Waals surface area (Å²) < 4.78 is 0. The van der Waals surface area contributed by atoms with Crippen LogP contribution in [0.25, 0.3) is 0 Å². The lowest BCUT2D eigenvalue weighted by Crippen LogP contribution is -2.36. The van der Waals surface area contributed by atoms with Crippen LogP contribution in [0.1, 0.15) is 13.8 Å². The molecule has 0 aliphatic carbocycles. The van der Waals surface area contributed by atoms with Gasteiger partial charge >= 0.3 is 12.0 Å². The van der Waals surface area contributed by atoms with E-state index in [0.29, 0.717) is 13.1 Å². The van der Waals surface area contributed by atoms with Crippen LogP contribution in [0.4, 0.5) is 4.79 Å². The average molecular weight is 260 g/mol. The fraction of sp³-hybridized carbons (Fsp3) is 0.700. The van der Waals surface area contributed by atoms with Crippen molar-refractivity contribution in [3.05, 3.63) is 0 Å². The predicted molar refractivity (Wildman–Crippen MR) is 63.8 cm³/mol. The Balaban J connectivity index is 2.46. The second-order valence-electron chi connectivity index (χ2n) is 4.09. The molecule has 96 valence electrons. The maximum absolute atomic E-state index is 11.7. The number of amides is 3. The van der Waals surface area contributed by atoms with Gasteiger partial charge in [-0.3, -0.25) is 14.5 Å². The van der Waals surface area contributed by atoms with Gasteiger partial charge in [0.1, 0.15) is 5.25 Å². The standard InChI is InChI=1S/C10H16N2O4S/c1-6(2)8(9(14)15)17-5-7(13)12-4-3-11-10(12)16/h6,8H,3-5H2,1-2H3,(H,11,16)(H,14,15). The number of thioether (sulfide) groups is 1. The van der Waals surface area contributed by atoms with Crippen molar-refractivity contribution in [1.82, 2.24) is 10.2 Å². The van der Waals surface area contributed by atoms with Crippen LogP contribution >= 0.6 is 11.8 Å². The Morgan fingerprint density at radius 2 is 2.18 bits per heavy atom. The molecule has 0 saturated carbocycles. The summed E-state index contributed by atoms with van der Waals surface area (Å²) in [5.41, 5.74) is 0. The third kappa shape index (κ3) is 3.62. The number of hydrogen-bond acceptors (Lipinski definition) is 4. The number of nitrogens with zero attached hydrogens (tertiary/aromatic N) is 1. The number of carboxylic acids is 1. The molecule has 0 bridgehead atoms. The van der Waals surface area contributed by atoms with E-state index < -0.39 is 17.3 Å². The summed E-state index contributed by atoms with van der Waals surface area (Å²) in [6.45, 7) is 4.40. The zero-order valence-electron chi connectivity index (χ0n) is 9.80. The van der Waals surface area contributed by atoms with Gasteiger partial charge in [0, 0.05) is 13.1 Å². The summed E-state index contributed by atoms with van der Waals surface area (Å²) in [6, 6.07) is -0.396. The number of carbonyl (C=O) groups excluding carboxylic acids is 2. The minimum atomic E-state index is -0.927. The summed E-state index contributed by atoms with van der Waals surface area (Å²) in [5, 5.41) is 10.9. The van der Waals surface area contributed by atoms with Gasteiger partial charge in [0.2, 0.25) is 5.91 Å². The third-order valence-corrected chi connectivity index (χ3v) is 3.91. The highest BCUT2D eigenvalue weighted by Gasteiger charge is 2.28. The second-order valence-corrected chi connectivity index (χ2v) is 5.22. The molecule has 0 spiro atoms. The van der Waals surface area contributed by atoms with Gasteiger partial charge in [-0.05, 0) is 5.92 Å². The first kappa shape index (κ1) is 13.8. The number of carbonyl (C=O) groups is 3. The highest BCUT2D eigenvalue weighted by Crippen LogP contribution is 2.20. The lowest BCUT2D eigenvalue weighted by Gasteiger charge is -2.17. The van der Waals surface area contributed by atoms with E-state index in [0.717, 1.165) is 16.7 Å². The molecular formula is C10H16N2O4S. The number of urea groups is 1. The van der Waals surface area contributed by atoms with Gasteiger partial charge in [-0.25, -0.2) is 4.79 Å². The first-order chi connectivity index (χ1) is 7.93. The summed E-state index contributed by atoms with van der Waals surface area (Å²) in [6.07, 6.45) is 0. The van der Waals surface area contributed by atoms with Crippen molar-refractivity contribution >= 4 is 29.7 Å². The number of imide groups is 1. The molecule has 0 aromatic carbocycles. The minimum absolute atomic E-state index is 0.0164. The molecule has 1 heterocycles. The summed E-state index contributed by atoms with van der Waals surface area (Å²) >= 11 is 1.06. The van der Waals surface area contributed by atoms with E-state index in [2.05, 4.69) is 5.32 Å². The van der Waals surface area contributed by atoms with E-state index in [-0.39, 0.29) is 17.6 Å². The molecule has 17 heavy (non-hydrogen) atoms. The Hall–Kier alpha value is -1.24. The molecule has 1 saturated heterocycles. The quantitative estimate of drug-likeness (QED) is 0.746. The lowest BCUT2D eigenvalue weighted by atomic mass is 10.1. The number of aliphatic carboxylic acids is 1. The van der Waals surface area contributed by atoms with Gasteiger partial charge in [-0.15, -0.1) is 11.8 Å². The molecule has 3 amide bonds. The van der Waals surface area contributed by atoms with Gasteiger partial charge in [-0.2, -0.15) is 0 Å². The lowest BCUT2D eigenvalue weighted by molar-refractivity contribution is -0.137. The predicted octanol–water partition coefficient (Wildman–Crippen LogP) is 0.381. The SMILES string of the molecule is CC(C)C(SCC(=O)N1CCNC1=O)C(=O)O. The maximum Gasteiger partial charge on any atom is 0.324 e. The fourth-order valence-corrected chi connectivity index (χ4v) is 2.50. The first-order valence-electron chi connectivity index (χ1n) is 5.36. The van der Waals surface area contributed by atoms with Crippen molar-refractivity contribution in [3.8, 4) is 0 Å². The Kier molecular flexibility index (Phi) is 4.80. The summed E-state index contributed by atoms with van der Waals surface area (Å²) in [5.74, 6) is -1.30.